The maximum atomic E-state index is 14.1. The van der Waals surface area contributed by atoms with E-state index in [4.69, 9.17) is 85.3 Å². The van der Waals surface area contributed by atoms with Crippen molar-refractivity contribution in [3.05, 3.63) is 42.0 Å². The van der Waals surface area contributed by atoms with Crippen LogP contribution in [-0.4, -0.2) is 291 Å². The molecule has 0 saturated carbocycles. The second kappa shape index (κ2) is 57.2. The lowest BCUT2D eigenvalue weighted by Gasteiger charge is -2.19. The number of carbonyl (C=O) groups excluding carboxylic acids is 9. The van der Waals surface area contributed by atoms with Crippen LogP contribution in [0.4, 0.5) is 4.79 Å². The molecule has 2 fully saturated rings. The number of nitrogens with one attached hydrogen (secondary N) is 5. The fourth-order valence-corrected chi connectivity index (χ4v) is 11.9. The number of benzene rings is 2. The van der Waals surface area contributed by atoms with Gasteiger partial charge in [0.25, 0.3) is 11.8 Å². The standard InChI is InChI=1S/C78H125N5O27S/c1-76(2,3)108-71(89)18-25-94-31-37-100-43-42-99-36-30-93-24-13-14-61(84)54-105-62-49-58(48-60(52-62)66(85)15-12-21-79-68(86)17-11-10-16-67-74-65(57-111-67)82-75(92)83-74)59-50-63(106-55-69(87)80-22-28-97-34-40-103-46-44-101-38-32-95-26-19-72(90)109-77(4,5)6)53-64(51-59)107-56-70(88)81-23-29-98-35-41-104-47-45-102-39-33-96-27-20-73(91)110-78(7,8)9/h48-53,65,67,74H,10-47,54-57H2,1-9H3,(H,79,86)(H,80,87)(H,81,88)(H2,82,83,92)/t65-,67-,74-/m0/s1. The average molecular weight is 1600 g/mol. The number of Topliss-reactive ketones (excluding diaryl/α,β-unsaturated/α-hetero) is 2. The Balaban J connectivity index is 1.31. The van der Waals surface area contributed by atoms with Gasteiger partial charge < -0.3 is 112 Å². The zero-order valence-electron chi connectivity index (χ0n) is 66.8. The number of urea groups is 1. The van der Waals surface area contributed by atoms with E-state index in [9.17, 15) is 43.2 Å². The summed E-state index contributed by atoms with van der Waals surface area (Å²) in [6.45, 7) is 22.8. The summed E-state index contributed by atoms with van der Waals surface area (Å²) in [7, 11) is 0. The molecular weight excluding hydrogens is 1470 g/mol. The minimum absolute atomic E-state index is 0.0557. The van der Waals surface area contributed by atoms with Gasteiger partial charge in [0, 0.05) is 68.1 Å². The molecule has 111 heavy (non-hydrogen) atoms. The van der Waals surface area contributed by atoms with E-state index in [-0.39, 0.29) is 181 Å². The number of carbonyl (C=O) groups is 9. The molecule has 0 spiro atoms. The predicted molar refractivity (Wildman–Crippen MR) is 410 cm³/mol. The van der Waals surface area contributed by atoms with Crippen LogP contribution in [-0.2, 0) is 105 Å². The van der Waals surface area contributed by atoms with Crippen molar-refractivity contribution in [2.24, 2.45) is 0 Å². The maximum Gasteiger partial charge on any atom is 0.315 e. The Hall–Kier alpha value is -6.86. The number of thioether (sulfide) groups is 1. The summed E-state index contributed by atoms with van der Waals surface area (Å²) < 4.78 is 100. The third-order valence-electron chi connectivity index (χ3n) is 15.4. The predicted octanol–water partition coefficient (Wildman–Crippen LogP) is 6.27. The first-order valence-electron chi connectivity index (χ1n) is 38.5. The van der Waals surface area contributed by atoms with Crippen molar-refractivity contribution < 1.29 is 128 Å². The summed E-state index contributed by atoms with van der Waals surface area (Å²) in [5.74, 6) is -1.09. The number of hydrogen-bond donors (Lipinski definition) is 5. The van der Waals surface area contributed by atoms with Crippen LogP contribution >= 0.6 is 11.8 Å². The van der Waals surface area contributed by atoms with Crippen molar-refractivity contribution in [2.75, 3.05) is 204 Å². The third kappa shape index (κ3) is 50.8. The van der Waals surface area contributed by atoms with Crippen LogP contribution in [0.15, 0.2) is 36.4 Å². The van der Waals surface area contributed by atoms with Crippen LogP contribution < -0.4 is 40.8 Å². The molecule has 2 aromatic rings. The van der Waals surface area contributed by atoms with Crippen molar-refractivity contribution >= 4 is 65.0 Å². The van der Waals surface area contributed by atoms with E-state index in [0.29, 0.717) is 154 Å². The number of amides is 5. The van der Waals surface area contributed by atoms with Crippen LogP contribution in [0.25, 0.3) is 11.1 Å². The number of fused-ring (bicyclic) bond motifs is 1. The Morgan fingerprint density at radius 3 is 1.19 bits per heavy atom. The Kier molecular flexibility index (Phi) is 49.7. The van der Waals surface area contributed by atoms with Gasteiger partial charge in [-0.15, -0.1) is 0 Å². The minimum atomic E-state index is -0.549. The highest BCUT2D eigenvalue weighted by Gasteiger charge is 2.42. The summed E-state index contributed by atoms with van der Waals surface area (Å²) in [6, 6.07) is 9.73. The van der Waals surface area contributed by atoms with Crippen molar-refractivity contribution in [1.82, 2.24) is 26.6 Å². The molecule has 0 unspecified atom stereocenters. The molecule has 32 nitrogen and oxygen atoms in total. The molecule has 3 atom stereocenters. The number of unbranched alkanes of at least 4 members (excludes halogenated alkanes) is 1. The van der Waals surface area contributed by atoms with E-state index in [1.165, 1.54) is 6.07 Å². The lowest BCUT2D eigenvalue weighted by atomic mass is 9.98. The van der Waals surface area contributed by atoms with Gasteiger partial charge in [-0.25, -0.2) is 4.79 Å². The topological polar surface area (TPSA) is 380 Å². The normalized spacial score (nSPS) is 14.7. The summed E-state index contributed by atoms with van der Waals surface area (Å²) in [4.78, 5) is 114. The number of ether oxygens (including phenoxy) is 18. The van der Waals surface area contributed by atoms with E-state index in [2.05, 4.69) is 26.6 Å². The highest BCUT2D eigenvalue weighted by molar-refractivity contribution is 8.00. The average Bonchev–Trinajstić information content (AvgIpc) is 1.78. The SMILES string of the molecule is CC(C)(C)OC(=O)CCOCCOCCOCCOCCCC(=O)COc1cc(C(=O)CCCNC(=O)CCCC[C@@H]2SC[C@@H]3NC(=O)N[C@@H]32)cc(-c2cc(OCC(=O)NCCOCCOCCOCCOCCC(=O)OC(C)(C)C)cc(OCC(=O)NCCOCCOCCOCCOCCC(=O)OC(C)(C)C)c2)c1. The molecule has 630 valence electrons. The molecule has 2 aliphatic heterocycles. The summed E-state index contributed by atoms with van der Waals surface area (Å²) in [5.41, 5.74) is -0.506. The van der Waals surface area contributed by atoms with Crippen LogP contribution in [0.5, 0.6) is 17.2 Å². The maximum absolute atomic E-state index is 14.1. The van der Waals surface area contributed by atoms with Gasteiger partial charge >= 0.3 is 23.9 Å². The fraction of sp³-hybridized carbons (Fsp3) is 0.731. The smallest absolute Gasteiger partial charge is 0.315 e. The Bertz CT molecular complexity index is 2930. The van der Waals surface area contributed by atoms with E-state index in [0.717, 1.165) is 18.6 Å². The highest BCUT2D eigenvalue weighted by Crippen LogP contribution is 2.35. The zero-order valence-corrected chi connectivity index (χ0v) is 67.6. The van der Waals surface area contributed by atoms with Gasteiger partial charge in [-0.1, -0.05) is 6.42 Å². The molecule has 4 rings (SSSR count). The minimum Gasteiger partial charge on any atom is -0.486 e. The van der Waals surface area contributed by atoms with E-state index >= 15 is 0 Å². The van der Waals surface area contributed by atoms with Crippen molar-refractivity contribution in [2.45, 2.75) is 167 Å². The molecule has 0 bridgehead atoms. The number of rotatable bonds is 66. The van der Waals surface area contributed by atoms with Crippen molar-refractivity contribution in [3.63, 3.8) is 0 Å². The fourth-order valence-electron chi connectivity index (χ4n) is 10.4. The van der Waals surface area contributed by atoms with Gasteiger partial charge in [0.05, 0.1) is 183 Å². The first-order chi connectivity index (χ1) is 53.2. The molecule has 2 saturated heterocycles. The van der Waals surface area contributed by atoms with Gasteiger partial charge in [-0.05, 0) is 129 Å². The molecule has 0 radical (unpaired) electrons. The molecule has 5 N–H and O–H groups in total. The molecule has 33 heteroatoms. The monoisotopic (exact) mass is 1600 g/mol. The second-order valence-electron chi connectivity index (χ2n) is 28.7. The molecule has 0 aromatic heterocycles. The molecule has 2 aliphatic rings. The van der Waals surface area contributed by atoms with Crippen LogP contribution in [0, 0.1) is 0 Å². The zero-order chi connectivity index (χ0) is 80.8. The lowest BCUT2D eigenvalue weighted by molar-refractivity contribution is -0.157. The van der Waals surface area contributed by atoms with Gasteiger partial charge in [-0.2, -0.15) is 11.8 Å². The number of hydrogen-bond acceptors (Lipinski definition) is 28. The number of esters is 3. The molecule has 0 aliphatic carbocycles. The van der Waals surface area contributed by atoms with Crippen LogP contribution in [0.3, 0.4) is 0 Å². The molecule has 2 aromatic carbocycles. The first kappa shape index (κ1) is 96.5. The van der Waals surface area contributed by atoms with Gasteiger partial charge in [0.15, 0.2) is 24.8 Å². The Morgan fingerprint density at radius 2 is 0.757 bits per heavy atom. The van der Waals surface area contributed by atoms with E-state index < -0.39 is 41.8 Å². The largest absolute Gasteiger partial charge is 0.486 e. The second-order valence-corrected chi connectivity index (χ2v) is 30.0. The summed E-state index contributed by atoms with van der Waals surface area (Å²) in [5, 5.41) is 14.7. The summed E-state index contributed by atoms with van der Waals surface area (Å²) >= 11 is 1.83. The first-order valence-corrected chi connectivity index (χ1v) is 39.6. The van der Waals surface area contributed by atoms with Crippen molar-refractivity contribution in [3.8, 4) is 28.4 Å². The number of ketones is 2. The highest BCUT2D eigenvalue weighted by atomic mass is 32.2. The van der Waals surface area contributed by atoms with Gasteiger partial charge in [0.2, 0.25) is 5.91 Å². The van der Waals surface area contributed by atoms with E-state index in [1.807, 2.05) is 32.5 Å². The molecule has 2 heterocycles. The van der Waals surface area contributed by atoms with Crippen LogP contribution in [0.1, 0.15) is 143 Å². The Labute approximate surface area is 658 Å². The molecular formula is C78H125N5O27S. The quantitative estimate of drug-likeness (QED) is 0.0160. The summed E-state index contributed by atoms with van der Waals surface area (Å²) in [6.07, 6.45) is 4.12. The molecule has 5 amide bonds. The Morgan fingerprint density at radius 1 is 0.378 bits per heavy atom. The third-order valence-corrected chi connectivity index (χ3v) is 16.9. The lowest BCUT2D eigenvalue weighted by Crippen LogP contribution is -2.36. The van der Waals surface area contributed by atoms with E-state index in [1.54, 1.807) is 71.9 Å². The van der Waals surface area contributed by atoms with Crippen molar-refractivity contribution in [1.29, 1.82) is 0 Å². The van der Waals surface area contributed by atoms with Gasteiger partial charge in [-0.3, -0.25) is 38.4 Å². The van der Waals surface area contributed by atoms with Gasteiger partial charge in [0.1, 0.15) is 40.7 Å². The van der Waals surface area contributed by atoms with Crippen LogP contribution in [0.2, 0.25) is 0 Å².